The lowest BCUT2D eigenvalue weighted by molar-refractivity contribution is -0.145. The standard InChI is InChI=1S/C24H25FN6O4/c1-2-34-22(33)18-13-24(18)9-11-31(12-10-24)19-8-7-17(14-26-19)27-20(32)21-29-30-23(35-21)28-16-5-3-15(25)4-6-16/h3-8,14,18H,2,9-13H2,1H3,(H,27,32)(H,28,30). The molecule has 11 heteroatoms. The van der Waals surface area contributed by atoms with Crippen LogP contribution in [0.5, 0.6) is 0 Å². The van der Waals surface area contributed by atoms with E-state index >= 15 is 0 Å². The number of aromatic nitrogens is 3. The first-order chi connectivity index (χ1) is 17.0. The van der Waals surface area contributed by atoms with Gasteiger partial charge in [0.15, 0.2) is 0 Å². The zero-order chi connectivity index (χ0) is 24.4. The number of amides is 1. The molecule has 182 valence electrons. The number of nitrogens with zero attached hydrogens (tertiary/aromatic N) is 4. The van der Waals surface area contributed by atoms with Crippen molar-refractivity contribution in [3.63, 3.8) is 0 Å². The SMILES string of the molecule is CCOC(=O)C1CC12CCN(c1ccc(NC(=O)c3nnc(Nc4ccc(F)cc4)o3)cn1)CC2. The summed E-state index contributed by atoms with van der Waals surface area (Å²) in [5.74, 6) is -0.381. The van der Waals surface area contributed by atoms with Crippen molar-refractivity contribution in [2.75, 3.05) is 35.2 Å². The first kappa shape index (κ1) is 22.8. The zero-order valence-corrected chi connectivity index (χ0v) is 19.2. The topological polar surface area (TPSA) is 122 Å². The monoisotopic (exact) mass is 480 g/mol. The Hall–Kier alpha value is -4.02. The number of carbonyl (C=O) groups excluding carboxylic acids is 2. The molecule has 5 rings (SSSR count). The average molecular weight is 481 g/mol. The summed E-state index contributed by atoms with van der Waals surface area (Å²) in [6, 6.07) is 9.22. The van der Waals surface area contributed by atoms with E-state index in [9.17, 15) is 14.0 Å². The summed E-state index contributed by atoms with van der Waals surface area (Å²) >= 11 is 0. The molecule has 0 radical (unpaired) electrons. The molecular weight excluding hydrogens is 455 g/mol. The number of nitrogens with one attached hydrogen (secondary N) is 2. The van der Waals surface area contributed by atoms with Gasteiger partial charge < -0.3 is 24.7 Å². The van der Waals surface area contributed by atoms with Crippen LogP contribution in [0.25, 0.3) is 0 Å². The number of pyridine rings is 1. The van der Waals surface area contributed by atoms with Crippen molar-refractivity contribution in [2.24, 2.45) is 11.3 Å². The van der Waals surface area contributed by atoms with Crippen LogP contribution in [-0.4, -0.2) is 46.8 Å². The fraction of sp³-hybridized carbons (Fsp3) is 0.375. The van der Waals surface area contributed by atoms with Crippen LogP contribution < -0.4 is 15.5 Å². The number of hydrogen-bond donors (Lipinski definition) is 2. The third-order valence-electron chi connectivity index (χ3n) is 6.56. The van der Waals surface area contributed by atoms with Crippen LogP contribution in [0.2, 0.25) is 0 Å². The summed E-state index contributed by atoms with van der Waals surface area (Å²) in [7, 11) is 0. The molecule has 1 aliphatic heterocycles. The maximum atomic E-state index is 13.0. The smallest absolute Gasteiger partial charge is 0.320 e. The lowest BCUT2D eigenvalue weighted by Crippen LogP contribution is -2.36. The molecule has 1 unspecified atom stereocenters. The summed E-state index contributed by atoms with van der Waals surface area (Å²) in [6.07, 6.45) is 4.35. The van der Waals surface area contributed by atoms with Gasteiger partial charge in [-0.05, 0) is 68.0 Å². The minimum Gasteiger partial charge on any atom is -0.466 e. The third kappa shape index (κ3) is 4.93. The molecule has 3 heterocycles. The summed E-state index contributed by atoms with van der Waals surface area (Å²) in [5, 5.41) is 13.0. The maximum Gasteiger partial charge on any atom is 0.320 e. The van der Waals surface area contributed by atoms with Crippen molar-refractivity contribution in [1.29, 1.82) is 0 Å². The van der Waals surface area contributed by atoms with E-state index in [0.717, 1.165) is 38.2 Å². The van der Waals surface area contributed by atoms with Gasteiger partial charge in [-0.25, -0.2) is 9.37 Å². The van der Waals surface area contributed by atoms with Crippen LogP contribution >= 0.6 is 0 Å². The number of carbonyl (C=O) groups is 2. The molecule has 1 aromatic carbocycles. The van der Waals surface area contributed by atoms with Crippen molar-refractivity contribution in [1.82, 2.24) is 15.2 Å². The quantitative estimate of drug-likeness (QED) is 0.487. The van der Waals surface area contributed by atoms with Gasteiger partial charge in [-0.3, -0.25) is 9.59 Å². The fourth-order valence-corrected chi connectivity index (χ4v) is 4.51. The number of halogens is 1. The number of rotatable bonds is 7. The number of benzene rings is 1. The predicted molar refractivity (Wildman–Crippen MR) is 125 cm³/mol. The molecule has 1 saturated carbocycles. The summed E-state index contributed by atoms with van der Waals surface area (Å²) in [6.45, 7) is 3.89. The molecule has 1 atom stereocenters. The minimum absolute atomic E-state index is 0.0129. The lowest BCUT2D eigenvalue weighted by Gasteiger charge is -2.33. The molecule has 35 heavy (non-hydrogen) atoms. The normalized spacial score (nSPS) is 18.2. The molecule has 0 bridgehead atoms. The van der Waals surface area contributed by atoms with Crippen molar-refractivity contribution in [3.05, 3.63) is 54.3 Å². The molecule has 10 nitrogen and oxygen atoms in total. The molecule has 2 N–H and O–H groups in total. The largest absolute Gasteiger partial charge is 0.466 e. The van der Waals surface area contributed by atoms with E-state index in [1.807, 2.05) is 13.0 Å². The van der Waals surface area contributed by atoms with Crippen molar-refractivity contribution in [2.45, 2.75) is 26.2 Å². The summed E-state index contributed by atoms with van der Waals surface area (Å²) < 4.78 is 23.5. The number of anilines is 4. The van der Waals surface area contributed by atoms with Crippen LogP contribution in [-0.2, 0) is 9.53 Å². The van der Waals surface area contributed by atoms with Gasteiger partial charge in [0.1, 0.15) is 11.6 Å². The third-order valence-corrected chi connectivity index (χ3v) is 6.56. The first-order valence-electron chi connectivity index (χ1n) is 11.5. The Labute approximate surface area is 200 Å². The van der Waals surface area contributed by atoms with Crippen LogP contribution in [0.1, 0.15) is 36.9 Å². The van der Waals surface area contributed by atoms with E-state index in [2.05, 4.69) is 30.7 Å². The Bertz CT molecular complexity index is 1210. The zero-order valence-electron chi connectivity index (χ0n) is 19.2. The molecule has 2 aliphatic rings. The Balaban J connectivity index is 1.13. The summed E-state index contributed by atoms with van der Waals surface area (Å²) in [5.41, 5.74) is 1.12. The Kier molecular flexibility index (Phi) is 6.06. The average Bonchev–Trinajstić information content (AvgIpc) is 3.35. The number of esters is 1. The molecular formula is C24H25FN6O4. The highest BCUT2D eigenvalue weighted by Crippen LogP contribution is 2.60. The highest BCUT2D eigenvalue weighted by molar-refractivity contribution is 6.00. The first-order valence-corrected chi connectivity index (χ1v) is 11.5. The molecule has 2 fully saturated rings. The number of ether oxygens (including phenoxy) is 1. The Morgan fingerprint density at radius 2 is 1.89 bits per heavy atom. The highest BCUT2D eigenvalue weighted by Gasteiger charge is 2.59. The van der Waals surface area contributed by atoms with E-state index < -0.39 is 5.91 Å². The van der Waals surface area contributed by atoms with E-state index in [1.165, 1.54) is 24.3 Å². The van der Waals surface area contributed by atoms with E-state index in [4.69, 9.17) is 9.15 Å². The Morgan fingerprint density at radius 3 is 2.57 bits per heavy atom. The van der Waals surface area contributed by atoms with Gasteiger partial charge >= 0.3 is 23.8 Å². The second-order valence-electron chi connectivity index (χ2n) is 8.76. The molecule has 2 aromatic heterocycles. The molecule has 1 saturated heterocycles. The van der Waals surface area contributed by atoms with Gasteiger partial charge in [0.25, 0.3) is 0 Å². The fourth-order valence-electron chi connectivity index (χ4n) is 4.51. The van der Waals surface area contributed by atoms with Gasteiger partial charge in [-0.2, -0.15) is 0 Å². The van der Waals surface area contributed by atoms with Crippen LogP contribution in [0.15, 0.2) is 47.0 Å². The maximum absolute atomic E-state index is 13.0. The van der Waals surface area contributed by atoms with Crippen molar-refractivity contribution in [3.8, 4) is 0 Å². The van der Waals surface area contributed by atoms with Crippen molar-refractivity contribution < 1.29 is 23.1 Å². The second kappa shape index (κ2) is 9.32. The predicted octanol–water partition coefficient (Wildman–Crippen LogP) is 3.77. The lowest BCUT2D eigenvalue weighted by atomic mass is 9.91. The second-order valence-corrected chi connectivity index (χ2v) is 8.76. The molecule has 1 spiro atoms. The van der Waals surface area contributed by atoms with Crippen molar-refractivity contribution >= 4 is 35.1 Å². The van der Waals surface area contributed by atoms with Gasteiger partial charge in [0.05, 0.1) is 24.4 Å². The number of piperidine rings is 1. The van der Waals surface area contributed by atoms with E-state index in [1.54, 1.807) is 12.3 Å². The summed E-state index contributed by atoms with van der Waals surface area (Å²) in [4.78, 5) is 31.2. The molecule has 3 aromatic rings. The number of hydrogen-bond acceptors (Lipinski definition) is 9. The van der Waals surface area contributed by atoms with Crippen LogP contribution in [0.3, 0.4) is 0 Å². The van der Waals surface area contributed by atoms with Gasteiger partial charge in [0.2, 0.25) is 0 Å². The van der Waals surface area contributed by atoms with Crippen LogP contribution in [0, 0.1) is 17.2 Å². The molecule has 1 aliphatic carbocycles. The van der Waals surface area contributed by atoms with Gasteiger partial charge in [-0.15, -0.1) is 5.10 Å². The van der Waals surface area contributed by atoms with Crippen LogP contribution in [0.4, 0.5) is 27.6 Å². The van der Waals surface area contributed by atoms with E-state index in [-0.39, 0.29) is 35.0 Å². The minimum atomic E-state index is -0.571. The van der Waals surface area contributed by atoms with Gasteiger partial charge in [0, 0.05) is 18.8 Å². The van der Waals surface area contributed by atoms with E-state index in [0.29, 0.717) is 18.0 Å². The highest BCUT2D eigenvalue weighted by atomic mass is 19.1. The Morgan fingerprint density at radius 1 is 1.14 bits per heavy atom. The molecule has 1 amide bonds. The van der Waals surface area contributed by atoms with Gasteiger partial charge in [-0.1, -0.05) is 5.10 Å².